The Kier molecular flexibility index (Phi) is 7.04. The Balaban J connectivity index is 1.79. The molecule has 1 amide bonds. The lowest BCUT2D eigenvalue weighted by Crippen LogP contribution is -2.46. The molecular weight excluding hydrogens is 372 g/mol. The summed E-state index contributed by atoms with van der Waals surface area (Å²) in [6.07, 6.45) is 5.61. The number of piperidine rings is 1. The number of pyridine rings is 1. The van der Waals surface area contributed by atoms with E-state index in [1.165, 1.54) is 0 Å². The molecule has 1 aliphatic heterocycles. The number of nitrogens with zero attached hydrogens (tertiary/aromatic N) is 2. The van der Waals surface area contributed by atoms with Crippen molar-refractivity contribution in [1.29, 1.82) is 0 Å². The highest BCUT2D eigenvalue weighted by Crippen LogP contribution is 2.22. The van der Waals surface area contributed by atoms with Gasteiger partial charge in [-0.3, -0.25) is 0 Å². The number of halogens is 1. The third kappa shape index (κ3) is 6.40. The largest absolute Gasteiger partial charge is 0.444 e. The molecule has 0 radical (unpaired) electrons. The molecule has 1 saturated heterocycles. The normalized spacial score (nSPS) is 18.5. The molecule has 1 atom stereocenters. The average Bonchev–Trinajstić information content (AvgIpc) is 2.50. The number of carbonyl (C=O) groups excluding carboxylic acids is 1. The van der Waals surface area contributed by atoms with E-state index >= 15 is 0 Å². The summed E-state index contributed by atoms with van der Waals surface area (Å²) in [4.78, 5) is 18.3. The molecule has 1 aromatic rings. The van der Waals surface area contributed by atoms with Gasteiger partial charge in [-0.25, -0.2) is 9.78 Å². The fraction of sp³-hybridized carbons (Fsp3) is 0.667. The van der Waals surface area contributed by atoms with Crippen LogP contribution in [0.5, 0.6) is 0 Å². The number of hydrogen-bond donors (Lipinski definition) is 0. The van der Waals surface area contributed by atoms with Gasteiger partial charge in [0.05, 0.1) is 6.61 Å². The standard InChI is InChI=1S/C18H27BrN2O3/c1-18(2,3)24-17(22)21-10-5-4-6-15(21)8-11-23-13-14-7-9-20-16(19)12-14/h7,9,12,15H,4-6,8,10-11,13H2,1-3H3/t15-/m1/s1. The smallest absolute Gasteiger partial charge is 0.410 e. The van der Waals surface area contributed by atoms with Gasteiger partial charge in [-0.05, 0) is 80.1 Å². The second-order valence-corrected chi connectivity index (χ2v) is 7.96. The van der Waals surface area contributed by atoms with E-state index in [9.17, 15) is 4.79 Å². The molecule has 6 heteroatoms. The van der Waals surface area contributed by atoms with Crippen molar-refractivity contribution in [3.63, 3.8) is 0 Å². The molecule has 0 unspecified atom stereocenters. The Morgan fingerprint density at radius 3 is 2.92 bits per heavy atom. The van der Waals surface area contributed by atoms with Crippen LogP contribution >= 0.6 is 15.9 Å². The van der Waals surface area contributed by atoms with Gasteiger partial charge in [-0.2, -0.15) is 0 Å². The molecule has 1 aromatic heterocycles. The molecule has 134 valence electrons. The third-order valence-electron chi connectivity index (χ3n) is 3.91. The first-order valence-corrected chi connectivity index (χ1v) is 9.32. The van der Waals surface area contributed by atoms with Crippen LogP contribution in [0.25, 0.3) is 0 Å². The second kappa shape index (κ2) is 8.81. The van der Waals surface area contributed by atoms with Crippen molar-refractivity contribution < 1.29 is 14.3 Å². The Hall–Kier alpha value is -1.14. The SMILES string of the molecule is CC(C)(C)OC(=O)N1CCCC[C@@H]1CCOCc1ccnc(Br)c1. The highest BCUT2D eigenvalue weighted by Gasteiger charge is 2.30. The van der Waals surface area contributed by atoms with Gasteiger partial charge in [0.1, 0.15) is 10.2 Å². The maximum Gasteiger partial charge on any atom is 0.410 e. The van der Waals surface area contributed by atoms with Gasteiger partial charge in [0.25, 0.3) is 0 Å². The summed E-state index contributed by atoms with van der Waals surface area (Å²) in [7, 11) is 0. The lowest BCUT2D eigenvalue weighted by Gasteiger charge is -2.36. The molecule has 0 N–H and O–H groups in total. The first-order valence-electron chi connectivity index (χ1n) is 8.53. The van der Waals surface area contributed by atoms with Crippen LogP contribution in [-0.2, 0) is 16.1 Å². The van der Waals surface area contributed by atoms with Gasteiger partial charge in [0, 0.05) is 25.4 Å². The van der Waals surface area contributed by atoms with Crippen LogP contribution in [0.2, 0.25) is 0 Å². The minimum absolute atomic E-state index is 0.203. The minimum Gasteiger partial charge on any atom is -0.444 e. The first-order chi connectivity index (χ1) is 11.3. The van der Waals surface area contributed by atoms with Gasteiger partial charge in [0.15, 0.2) is 0 Å². The number of amides is 1. The van der Waals surface area contributed by atoms with E-state index in [0.717, 1.165) is 42.4 Å². The van der Waals surface area contributed by atoms with Gasteiger partial charge in [-0.15, -0.1) is 0 Å². The van der Waals surface area contributed by atoms with E-state index in [4.69, 9.17) is 9.47 Å². The predicted octanol–water partition coefficient (Wildman–Crippen LogP) is 4.54. The Bertz CT molecular complexity index is 545. The van der Waals surface area contributed by atoms with Crippen molar-refractivity contribution in [2.75, 3.05) is 13.2 Å². The number of hydrogen-bond acceptors (Lipinski definition) is 4. The summed E-state index contributed by atoms with van der Waals surface area (Å²) < 4.78 is 12.1. The fourth-order valence-electron chi connectivity index (χ4n) is 2.80. The first kappa shape index (κ1) is 19.2. The zero-order valence-corrected chi connectivity index (χ0v) is 16.3. The molecule has 0 saturated carbocycles. The Morgan fingerprint density at radius 2 is 2.21 bits per heavy atom. The summed E-state index contributed by atoms with van der Waals surface area (Å²) in [5.74, 6) is 0. The topological polar surface area (TPSA) is 51.7 Å². The molecule has 1 aliphatic rings. The zero-order chi connectivity index (χ0) is 17.6. The molecule has 2 rings (SSSR count). The molecule has 24 heavy (non-hydrogen) atoms. The number of likely N-dealkylation sites (tertiary alicyclic amines) is 1. The third-order valence-corrected chi connectivity index (χ3v) is 4.34. The van der Waals surface area contributed by atoms with Gasteiger partial charge < -0.3 is 14.4 Å². The predicted molar refractivity (Wildman–Crippen MR) is 96.8 cm³/mol. The van der Waals surface area contributed by atoms with Crippen LogP contribution in [0.1, 0.15) is 52.0 Å². The highest BCUT2D eigenvalue weighted by atomic mass is 79.9. The van der Waals surface area contributed by atoms with Crippen LogP contribution in [0.15, 0.2) is 22.9 Å². The van der Waals surface area contributed by atoms with Gasteiger partial charge in [-0.1, -0.05) is 0 Å². The zero-order valence-electron chi connectivity index (χ0n) is 14.8. The number of ether oxygens (including phenoxy) is 2. The Labute approximate surface area is 152 Å². The van der Waals surface area contributed by atoms with Crippen molar-refractivity contribution >= 4 is 22.0 Å². The molecule has 1 fully saturated rings. The van der Waals surface area contributed by atoms with Crippen molar-refractivity contribution in [3.05, 3.63) is 28.5 Å². The summed E-state index contributed by atoms with van der Waals surface area (Å²) in [6, 6.07) is 4.10. The fourth-order valence-corrected chi connectivity index (χ4v) is 3.22. The minimum atomic E-state index is -0.454. The molecule has 0 spiro atoms. The number of carbonyl (C=O) groups is 1. The van der Waals surface area contributed by atoms with E-state index in [1.807, 2.05) is 37.8 Å². The molecule has 0 aromatic carbocycles. The Morgan fingerprint density at radius 1 is 1.42 bits per heavy atom. The lowest BCUT2D eigenvalue weighted by atomic mass is 10.0. The van der Waals surface area contributed by atoms with Crippen molar-refractivity contribution in [2.45, 2.75) is 64.7 Å². The average molecular weight is 399 g/mol. The van der Waals surface area contributed by atoms with Gasteiger partial charge in [0.2, 0.25) is 0 Å². The summed E-state index contributed by atoms with van der Waals surface area (Å²) in [5.41, 5.74) is 0.633. The van der Waals surface area contributed by atoms with Crippen LogP contribution in [0, 0.1) is 0 Å². The lowest BCUT2D eigenvalue weighted by molar-refractivity contribution is 0.00378. The van der Waals surface area contributed by atoms with E-state index < -0.39 is 5.60 Å². The van der Waals surface area contributed by atoms with E-state index in [0.29, 0.717) is 13.2 Å². The van der Waals surface area contributed by atoms with Crippen molar-refractivity contribution in [1.82, 2.24) is 9.88 Å². The van der Waals surface area contributed by atoms with E-state index in [1.54, 1.807) is 6.20 Å². The van der Waals surface area contributed by atoms with Crippen molar-refractivity contribution in [3.8, 4) is 0 Å². The molecule has 0 bridgehead atoms. The summed E-state index contributed by atoms with van der Waals surface area (Å²) >= 11 is 3.36. The quantitative estimate of drug-likeness (QED) is 0.539. The highest BCUT2D eigenvalue weighted by molar-refractivity contribution is 9.10. The maximum absolute atomic E-state index is 12.4. The van der Waals surface area contributed by atoms with Crippen LogP contribution < -0.4 is 0 Å². The molecule has 5 nitrogen and oxygen atoms in total. The van der Waals surface area contributed by atoms with Crippen LogP contribution in [0.3, 0.4) is 0 Å². The van der Waals surface area contributed by atoms with E-state index in [2.05, 4.69) is 20.9 Å². The van der Waals surface area contributed by atoms with Crippen molar-refractivity contribution in [2.24, 2.45) is 0 Å². The monoisotopic (exact) mass is 398 g/mol. The summed E-state index contributed by atoms with van der Waals surface area (Å²) in [6.45, 7) is 7.67. The van der Waals surface area contributed by atoms with Crippen LogP contribution in [-0.4, -0.2) is 40.8 Å². The summed E-state index contributed by atoms with van der Waals surface area (Å²) in [5, 5.41) is 0. The van der Waals surface area contributed by atoms with E-state index in [-0.39, 0.29) is 12.1 Å². The molecular formula is C18H27BrN2O3. The maximum atomic E-state index is 12.4. The second-order valence-electron chi connectivity index (χ2n) is 7.15. The number of aromatic nitrogens is 1. The molecule has 2 heterocycles. The van der Waals surface area contributed by atoms with Crippen LogP contribution in [0.4, 0.5) is 4.79 Å². The number of rotatable bonds is 5. The molecule has 0 aliphatic carbocycles. The van der Waals surface area contributed by atoms with Gasteiger partial charge >= 0.3 is 6.09 Å².